The Labute approximate surface area is 248 Å². The Morgan fingerprint density at radius 2 is 1.83 bits per heavy atom. The molecule has 42 heavy (non-hydrogen) atoms. The molecule has 0 unspecified atom stereocenters. The number of primary amides is 1. The number of amides is 2. The lowest BCUT2D eigenvalue weighted by atomic mass is 9.92. The molecule has 232 valence electrons. The van der Waals surface area contributed by atoms with Gasteiger partial charge in [-0.3, -0.25) is 19.1 Å². The van der Waals surface area contributed by atoms with Crippen LogP contribution in [0.1, 0.15) is 92.3 Å². The first kappa shape index (κ1) is 33.1. The molecule has 1 aromatic carbocycles. The third kappa shape index (κ3) is 8.09. The van der Waals surface area contributed by atoms with Crippen molar-refractivity contribution < 1.29 is 32.3 Å². The van der Waals surface area contributed by atoms with Crippen LogP contribution in [-0.2, 0) is 33.0 Å². The molecule has 1 aromatic heterocycles. The van der Waals surface area contributed by atoms with E-state index in [0.29, 0.717) is 76.4 Å². The van der Waals surface area contributed by atoms with E-state index < -0.39 is 21.8 Å². The number of nitrogens with one attached hydrogen (secondary N) is 1. The third-order valence-corrected chi connectivity index (χ3v) is 9.14. The number of ether oxygens (including phenoxy) is 2. The minimum Gasteiger partial charge on any atom is -0.493 e. The van der Waals surface area contributed by atoms with Crippen molar-refractivity contribution in [2.45, 2.75) is 77.0 Å². The van der Waals surface area contributed by atoms with Crippen LogP contribution in [0.25, 0.3) is 0 Å². The van der Waals surface area contributed by atoms with E-state index in [-0.39, 0.29) is 33.6 Å². The number of hydrogen-bond donors (Lipinski definition) is 2. The summed E-state index contributed by atoms with van der Waals surface area (Å²) in [6.07, 6.45) is 5.19. The van der Waals surface area contributed by atoms with Gasteiger partial charge in [0.1, 0.15) is 11.4 Å². The number of aryl methyl sites for hydroxylation is 2. The highest BCUT2D eigenvalue weighted by Crippen LogP contribution is 2.31. The quantitative estimate of drug-likeness (QED) is 0.291. The predicted molar refractivity (Wildman–Crippen MR) is 158 cm³/mol. The average molecular weight is 606 g/mol. The van der Waals surface area contributed by atoms with E-state index in [1.165, 1.54) is 27.2 Å². The number of piperidine rings is 1. The van der Waals surface area contributed by atoms with Crippen molar-refractivity contribution in [1.29, 1.82) is 0 Å². The number of esters is 1. The van der Waals surface area contributed by atoms with Crippen molar-refractivity contribution in [2.24, 2.45) is 18.7 Å². The van der Waals surface area contributed by atoms with Crippen molar-refractivity contribution in [3.63, 3.8) is 0 Å². The molecule has 0 radical (unpaired) electrons. The molecule has 2 heterocycles. The molecule has 1 fully saturated rings. The number of carbonyl (C=O) groups excluding carboxylic acids is 3. The van der Waals surface area contributed by atoms with Gasteiger partial charge in [-0.2, -0.15) is 9.40 Å². The van der Waals surface area contributed by atoms with Gasteiger partial charge < -0.3 is 20.5 Å². The SMILES string of the molecule is CCCOc1ccc(S(=O)(=O)N2CCC(CCCC(=O)OCC)CC2)cc1C(=O)Nc1c(CCC)nn(C)c1C(N)=O. The van der Waals surface area contributed by atoms with Gasteiger partial charge in [-0.1, -0.05) is 20.3 Å². The summed E-state index contributed by atoms with van der Waals surface area (Å²) in [6.45, 7) is 7.03. The van der Waals surface area contributed by atoms with Crippen LogP contribution >= 0.6 is 0 Å². The number of nitrogens with zero attached hydrogens (tertiary/aromatic N) is 3. The summed E-state index contributed by atoms with van der Waals surface area (Å²) in [5, 5.41) is 7.10. The maximum Gasteiger partial charge on any atom is 0.305 e. The smallest absolute Gasteiger partial charge is 0.305 e. The second kappa shape index (κ2) is 15.1. The largest absolute Gasteiger partial charge is 0.493 e. The van der Waals surface area contributed by atoms with Gasteiger partial charge >= 0.3 is 5.97 Å². The highest BCUT2D eigenvalue weighted by molar-refractivity contribution is 7.89. The Hall–Kier alpha value is -3.45. The van der Waals surface area contributed by atoms with Crippen molar-refractivity contribution >= 4 is 33.5 Å². The number of benzene rings is 1. The number of anilines is 1. The average Bonchev–Trinajstić information content (AvgIpc) is 3.26. The molecule has 0 spiro atoms. The number of hydrogen-bond acceptors (Lipinski definition) is 8. The normalized spacial score (nSPS) is 14.5. The molecule has 1 aliphatic rings. The van der Waals surface area contributed by atoms with E-state index in [4.69, 9.17) is 15.2 Å². The summed E-state index contributed by atoms with van der Waals surface area (Å²) in [4.78, 5) is 37.4. The summed E-state index contributed by atoms with van der Waals surface area (Å²) >= 11 is 0. The van der Waals surface area contributed by atoms with E-state index in [1.54, 1.807) is 14.0 Å². The van der Waals surface area contributed by atoms with E-state index >= 15 is 0 Å². The summed E-state index contributed by atoms with van der Waals surface area (Å²) < 4.78 is 40.8. The van der Waals surface area contributed by atoms with Crippen molar-refractivity contribution in [3.8, 4) is 5.75 Å². The van der Waals surface area contributed by atoms with Crippen LogP contribution in [0, 0.1) is 5.92 Å². The van der Waals surface area contributed by atoms with Gasteiger partial charge in [0.25, 0.3) is 11.8 Å². The Kier molecular flexibility index (Phi) is 11.9. The van der Waals surface area contributed by atoms with Gasteiger partial charge in [0.15, 0.2) is 0 Å². The summed E-state index contributed by atoms with van der Waals surface area (Å²) in [5.41, 5.74) is 6.37. The fourth-order valence-electron chi connectivity index (χ4n) is 5.13. The first-order chi connectivity index (χ1) is 20.0. The minimum absolute atomic E-state index is 0.0210. The fraction of sp³-hybridized carbons (Fsp3) is 0.586. The number of rotatable bonds is 15. The van der Waals surface area contributed by atoms with Gasteiger partial charge in [-0.25, -0.2) is 8.42 Å². The molecule has 2 aromatic rings. The van der Waals surface area contributed by atoms with Crippen molar-refractivity contribution in [1.82, 2.24) is 14.1 Å². The topological polar surface area (TPSA) is 163 Å². The molecular formula is C29H43N5O7S. The lowest BCUT2D eigenvalue weighted by Gasteiger charge is -2.31. The van der Waals surface area contributed by atoms with Crippen LogP contribution < -0.4 is 15.8 Å². The lowest BCUT2D eigenvalue weighted by Crippen LogP contribution is -2.38. The molecule has 13 heteroatoms. The van der Waals surface area contributed by atoms with Gasteiger partial charge in [0.05, 0.1) is 35.1 Å². The highest BCUT2D eigenvalue weighted by Gasteiger charge is 2.31. The Bertz CT molecular complexity index is 1360. The molecular weight excluding hydrogens is 562 g/mol. The van der Waals surface area contributed by atoms with Gasteiger partial charge in [0, 0.05) is 26.6 Å². The standard InChI is InChI=1S/C29H43N5O7S/c1-5-9-23-26(27(28(30)36)33(4)32-23)31-29(37)22-19-21(12-13-24(22)41-18-6-2)42(38,39)34-16-14-20(15-17-34)10-8-11-25(35)40-7-3/h12-13,19-20H,5-11,14-18H2,1-4H3,(H2,30,36)(H,31,37). The number of carbonyl (C=O) groups is 3. The highest BCUT2D eigenvalue weighted by atomic mass is 32.2. The lowest BCUT2D eigenvalue weighted by molar-refractivity contribution is -0.143. The number of nitrogens with two attached hydrogens (primary N) is 1. The molecule has 3 rings (SSSR count). The zero-order chi connectivity index (χ0) is 30.9. The van der Waals surface area contributed by atoms with Crippen molar-refractivity contribution in [3.05, 3.63) is 35.2 Å². The molecule has 3 N–H and O–H groups in total. The monoisotopic (exact) mass is 605 g/mol. The molecule has 1 saturated heterocycles. The Morgan fingerprint density at radius 3 is 2.45 bits per heavy atom. The second-order valence-electron chi connectivity index (χ2n) is 10.4. The van der Waals surface area contributed by atoms with E-state index in [9.17, 15) is 22.8 Å². The summed E-state index contributed by atoms with van der Waals surface area (Å²) in [7, 11) is -2.32. The number of aromatic nitrogens is 2. The van der Waals surface area contributed by atoms with Crippen LogP contribution in [-0.4, -0.2) is 66.6 Å². The Morgan fingerprint density at radius 1 is 1.12 bits per heavy atom. The first-order valence-electron chi connectivity index (χ1n) is 14.6. The van der Waals surface area contributed by atoms with E-state index in [2.05, 4.69) is 10.4 Å². The molecule has 0 saturated carbocycles. The zero-order valence-corrected chi connectivity index (χ0v) is 25.8. The molecule has 1 aliphatic heterocycles. The van der Waals surface area contributed by atoms with E-state index in [1.807, 2.05) is 13.8 Å². The Balaban J connectivity index is 1.81. The van der Waals surface area contributed by atoms with Crippen LogP contribution in [0.3, 0.4) is 0 Å². The molecule has 12 nitrogen and oxygen atoms in total. The molecule has 0 atom stereocenters. The maximum absolute atomic E-state index is 13.6. The summed E-state index contributed by atoms with van der Waals surface area (Å²) in [6, 6.07) is 4.26. The second-order valence-corrected chi connectivity index (χ2v) is 12.4. The van der Waals surface area contributed by atoms with Gasteiger partial charge in [-0.15, -0.1) is 0 Å². The predicted octanol–water partition coefficient (Wildman–Crippen LogP) is 3.65. The molecule has 2 amide bonds. The maximum atomic E-state index is 13.6. The summed E-state index contributed by atoms with van der Waals surface area (Å²) in [5.74, 6) is -1.03. The fourth-order valence-corrected chi connectivity index (χ4v) is 6.62. The first-order valence-corrected chi connectivity index (χ1v) is 16.1. The molecule has 0 bridgehead atoms. The van der Waals surface area contributed by atoms with Crippen molar-refractivity contribution in [2.75, 3.05) is 31.6 Å². The van der Waals surface area contributed by atoms with E-state index in [0.717, 1.165) is 12.8 Å². The zero-order valence-electron chi connectivity index (χ0n) is 25.0. The van der Waals surface area contributed by atoms with Crippen LogP contribution in [0.4, 0.5) is 5.69 Å². The van der Waals surface area contributed by atoms with Crippen LogP contribution in [0.15, 0.2) is 23.1 Å². The van der Waals surface area contributed by atoms with Gasteiger partial charge in [0.2, 0.25) is 10.0 Å². The third-order valence-electron chi connectivity index (χ3n) is 7.25. The van der Waals surface area contributed by atoms with Crippen LogP contribution in [0.2, 0.25) is 0 Å². The van der Waals surface area contributed by atoms with Crippen LogP contribution in [0.5, 0.6) is 5.75 Å². The number of sulfonamides is 1. The van der Waals surface area contributed by atoms with Gasteiger partial charge in [-0.05, 0) is 69.6 Å². The molecule has 0 aliphatic carbocycles. The minimum atomic E-state index is -3.89.